The molecule has 1 aliphatic heterocycles. The third kappa shape index (κ3) is 3.58. The van der Waals surface area contributed by atoms with Gasteiger partial charge in [0.2, 0.25) is 0 Å². The van der Waals surface area contributed by atoms with Crippen molar-refractivity contribution in [3.8, 4) is 11.3 Å². The van der Waals surface area contributed by atoms with Gasteiger partial charge in [-0.2, -0.15) is 10.1 Å². The first kappa shape index (κ1) is 18.4. The second-order valence-corrected chi connectivity index (χ2v) is 6.71. The second-order valence-electron chi connectivity index (χ2n) is 6.71. The topological polar surface area (TPSA) is 89.0 Å². The molecule has 7 heteroatoms. The lowest BCUT2D eigenvalue weighted by Crippen LogP contribution is -2.21. The van der Waals surface area contributed by atoms with Crippen LogP contribution in [-0.4, -0.2) is 16.5 Å². The van der Waals surface area contributed by atoms with E-state index in [1.165, 1.54) is 17.1 Å². The number of nitro groups is 1. The van der Waals surface area contributed by atoms with Gasteiger partial charge in [-0.3, -0.25) is 14.9 Å². The van der Waals surface area contributed by atoms with Gasteiger partial charge in [0.05, 0.1) is 21.9 Å². The van der Waals surface area contributed by atoms with Crippen molar-refractivity contribution in [3.05, 3.63) is 87.7 Å². The van der Waals surface area contributed by atoms with Crippen LogP contribution < -0.4 is 5.01 Å². The summed E-state index contributed by atoms with van der Waals surface area (Å²) in [6.45, 7) is 3.74. The summed E-state index contributed by atoms with van der Waals surface area (Å²) in [5.74, 6) is 0.714. The minimum absolute atomic E-state index is 0.0125. The first-order valence-electron chi connectivity index (χ1n) is 8.95. The Hall–Kier alpha value is -4.00. The molecule has 29 heavy (non-hydrogen) atoms. The second kappa shape index (κ2) is 7.20. The molecule has 0 unspecified atom stereocenters. The standard InChI is InChI=1S/C22H17N3O4/c1-14-6-8-17(9-7-14)24-22(26)20(15(2)23-24)13-19-10-11-21(29-19)16-4-3-5-18(12-16)25(27)28/h3-13H,1-2H3. The summed E-state index contributed by atoms with van der Waals surface area (Å²) in [7, 11) is 0. The molecule has 1 aromatic heterocycles. The van der Waals surface area contributed by atoms with Crippen LogP contribution in [0.15, 0.2) is 75.8 Å². The predicted molar refractivity (Wildman–Crippen MR) is 111 cm³/mol. The third-order valence-corrected chi connectivity index (χ3v) is 4.60. The van der Waals surface area contributed by atoms with E-state index < -0.39 is 4.92 Å². The van der Waals surface area contributed by atoms with Gasteiger partial charge in [-0.25, -0.2) is 0 Å². The van der Waals surface area contributed by atoms with Crippen molar-refractivity contribution in [2.45, 2.75) is 13.8 Å². The Morgan fingerprint density at radius 1 is 1.07 bits per heavy atom. The summed E-state index contributed by atoms with van der Waals surface area (Å²) < 4.78 is 5.79. The minimum atomic E-state index is -0.452. The Morgan fingerprint density at radius 2 is 1.83 bits per heavy atom. The highest BCUT2D eigenvalue weighted by atomic mass is 16.6. The first-order chi connectivity index (χ1) is 13.9. The molecule has 144 valence electrons. The Balaban J connectivity index is 1.61. The van der Waals surface area contributed by atoms with Crippen molar-refractivity contribution in [1.29, 1.82) is 0 Å². The first-order valence-corrected chi connectivity index (χ1v) is 8.95. The van der Waals surface area contributed by atoms with Crippen molar-refractivity contribution >= 4 is 29.1 Å². The molecular formula is C22H17N3O4. The maximum atomic E-state index is 12.8. The summed E-state index contributed by atoms with van der Waals surface area (Å²) in [6.07, 6.45) is 1.64. The van der Waals surface area contributed by atoms with E-state index in [0.29, 0.717) is 34.1 Å². The molecule has 1 amide bonds. The number of aryl methyl sites for hydroxylation is 1. The average Bonchev–Trinajstić information content (AvgIpc) is 3.29. The number of furan rings is 1. The van der Waals surface area contributed by atoms with Crippen LogP contribution in [-0.2, 0) is 4.79 Å². The van der Waals surface area contributed by atoms with E-state index in [-0.39, 0.29) is 11.6 Å². The summed E-state index contributed by atoms with van der Waals surface area (Å²) in [6, 6.07) is 17.2. The largest absolute Gasteiger partial charge is 0.457 e. The number of nitrogens with zero attached hydrogens (tertiary/aromatic N) is 3. The van der Waals surface area contributed by atoms with E-state index in [9.17, 15) is 14.9 Å². The van der Waals surface area contributed by atoms with Crippen LogP contribution in [0.1, 0.15) is 18.2 Å². The van der Waals surface area contributed by atoms with Crippen LogP contribution in [0.5, 0.6) is 0 Å². The summed E-state index contributed by atoms with van der Waals surface area (Å²) in [4.78, 5) is 23.3. The Bertz CT molecular complexity index is 1170. The zero-order valence-corrected chi connectivity index (χ0v) is 15.8. The zero-order chi connectivity index (χ0) is 20.5. The Morgan fingerprint density at radius 3 is 2.55 bits per heavy atom. The van der Waals surface area contributed by atoms with Crippen molar-refractivity contribution < 1.29 is 14.1 Å². The van der Waals surface area contributed by atoms with Crippen molar-refractivity contribution in [1.82, 2.24) is 0 Å². The van der Waals surface area contributed by atoms with Crippen LogP contribution in [0.2, 0.25) is 0 Å². The predicted octanol–water partition coefficient (Wildman–Crippen LogP) is 4.97. The lowest BCUT2D eigenvalue weighted by molar-refractivity contribution is -0.384. The van der Waals surface area contributed by atoms with Gasteiger partial charge in [-0.1, -0.05) is 29.8 Å². The highest BCUT2D eigenvalue weighted by molar-refractivity contribution is 6.32. The van der Waals surface area contributed by atoms with Gasteiger partial charge in [0.1, 0.15) is 11.5 Å². The average molecular weight is 387 g/mol. The highest BCUT2D eigenvalue weighted by Gasteiger charge is 2.29. The fourth-order valence-corrected chi connectivity index (χ4v) is 3.05. The zero-order valence-electron chi connectivity index (χ0n) is 15.8. The number of carbonyl (C=O) groups excluding carboxylic acids is 1. The van der Waals surface area contributed by atoms with Crippen LogP contribution in [0, 0.1) is 17.0 Å². The number of hydrogen-bond acceptors (Lipinski definition) is 5. The number of rotatable bonds is 4. The molecule has 0 saturated heterocycles. The number of nitro benzene ring substituents is 1. The number of benzene rings is 2. The van der Waals surface area contributed by atoms with Crippen molar-refractivity contribution in [2.24, 2.45) is 5.10 Å². The van der Waals surface area contributed by atoms with Crippen molar-refractivity contribution in [3.63, 3.8) is 0 Å². The minimum Gasteiger partial charge on any atom is -0.457 e. The van der Waals surface area contributed by atoms with E-state index in [2.05, 4.69) is 5.10 Å². The van der Waals surface area contributed by atoms with Gasteiger partial charge in [0, 0.05) is 17.7 Å². The van der Waals surface area contributed by atoms with E-state index in [1.54, 1.807) is 37.3 Å². The number of hydrazone groups is 1. The van der Waals surface area contributed by atoms with Gasteiger partial charge >= 0.3 is 0 Å². The molecule has 3 aromatic rings. The molecule has 1 aliphatic rings. The van der Waals surface area contributed by atoms with Crippen LogP contribution in [0.3, 0.4) is 0 Å². The van der Waals surface area contributed by atoms with Gasteiger partial charge in [-0.05, 0) is 44.2 Å². The van der Waals surface area contributed by atoms with E-state index in [1.807, 2.05) is 31.2 Å². The molecule has 4 rings (SSSR count). The maximum Gasteiger partial charge on any atom is 0.280 e. The maximum absolute atomic E-state index is 12.8. The van der Waals surface area contributed by atoms with Crippen LogP contribution in [0.25, 0.3) is 17.4 Å². The third-order valence-electron chi connectivity index (χ3n) is 4.60. The Labute approximate surface area is 166 Å². The van der Waals surface area contributed by atoms with E-state index >= 15 is 0 Å². The smallest absolute Gasteiger partial charge is 0.280 e. The number of anilines is 1. The lowest BCUT2D eigenvalue weighted by Gasteiger charge is -2.11. The molecule has 0 fully saturated rings. The number of hydrogen-bond donors (Lipinski definition) is 0. The van der Waals surface area contributed by atoms with Gasteiger partial charge < -0.3 is 4.42 Å². The van der Waals surface area contributed by atoms with Gasteiger partial charge in [0.25, 0.3) is 11.6 Å². The molecule has 7 nitrogen and oxygen atoms in total. The monoisotopic (exact) mass is 387 g/mol. The quantitative estimate of drug-likeness (QED) is 0.359. The molecule has 0 spiro atoms. The van der Waals surface area contributed by atoms with E-state index in [4.69, 9.17) is 4.42 Å². The fourth-order valence-electron chi connectivity index (χ4n) is 3.05. The Kier molecular flexibility index (Phi) is 4.56. The molecule has 2 heterocycles. The summed E-state index contributed by atoms with van der Waals surface area (Å²) in [5, 5.41) is 16.7. The van der Waals surface area contributed by atoms with Gasteiger partial charge in [0.15, 0.2) is 0 Å². The molecule has 0 N–H and O–H groups in total. The van der Waals surface area contributed by atoms with Crippen molar-refractivity contribution in [2.75, 3.05) is 5.01 Å². The SMILES string of the molecule is CC1=NN(c2ccc(C)cc2)C(=O)C1=Cc1ccc(-c2cccc([N+](=O)[O-])c2)o1. The van der Waals surface area contributed by atoms with Crippen LogP contribution in [0.4, 0.5) is 11.4 Å². The highest BCUT2D eigenvalue weighted by Crippen LogP contribution is 2.29. The molecule has 0 aliphatic carbocycles. The molecule has 0 saturated carbocycles. The van der Waals surface area contributed by atoms with Gasteiger partial charge in [-0.15, -0.1) is 0 Å². The molecule has 0 radical (unpaired) electrons. The molecule has 2 aromatic carbocycles. The molecular weight excluding hydrogens is 370 g/mol. The summed E-state index contributed by atoms with van der Waals surface area (Å²) in [5.41, 5.74) is 3.39. The normalized spacial score (nSPS) is 15.1. The van der Waals surface area contributed by atoms with Crippen LogP contribution >= 0.6 is 0 Å². The fraction of sp³-hybridized carbons (Fsp3) is 0.0909. The number of amides is 1. The van der Waals surface area contributed by atoms with E-state index in [0.717, 1.165) is 5.56 Å². The molecule has 0 atom stereocenters. The number of carbonyl (C=O) groups is 1. The summed E-state index contributed by atoms with van der Waals surface area (Å²) >= 11 is 0. The number of non-ortho nitro benzene ring substituents is 1. The molecule has 0 bridgehead atoms. The lowest BCUT2D eigenvalue weighted by atomic mass is 10.1.